The largest absolute Gasteiger partial charge is 0.427 e. The van der Waals surface area contributed by atoms with Crippen LogP contribution in [0.1, 0.15) is 46.1 Å². The molecule has 1 fully saturated rings. The minimum Gasteiger partial charge on any atom is -0.427 e. The Morgan fingerprint density at radius 2 is 1.93 bits per heavy atom. The van der Waals surface area contributed by atoms with Crippen molar-refractivity contribution in [1.29, 1.82) is 0 Å². The maximum Gasteiger partial charge on any atom is 0.349 e. The van der Waals surface area contributed by atoms with E-state index in [0.717, 1.165) is 23.9 Å². The predicted octanol–water partition coefficient (Wildman–Crippen LogP) is 3.35. The van der Waals surface area contributed by atoms with Crippen molar-refractivity contribution in [2.24, 2.45) is 0 Å². The van der Waals surface area contributed by atoms with Gasteiger partial charge in [-0.3, -0.25) is 4.79 Å². The van der Waals surface area contributed by atoms with Crippen LogP contribution in [0.3, 0.4) is 0 Å². The molecule has 0 radical (unpaired) electrons. The summed E-state index contributed by atoms with van der Waals surface area (Å²) < 4.78 is 10.9. The molecule has 3 heterocycles. The fourth-order valence-electron chi connectivity index (χ4n) is 3.55. The SMILES string of the molecule is Cc1cc2c(NC(=O)c3c(C)cc(C4CCOCC4)oc3=O)cccc2nn1. The number of anilines is 1. The number of nitrogens with one attached hydrogen (secondary N) is 1. The lowest BCUT2D eigenvalue weighted by atomic mass is 9.95. The second-order valence-corrected chi connectivity index (χ2v) is 7.06. The molecule has 2 aromatic heterocycles. The molecule has 7 heteroatoms. The summed E-state index contributed by atoms with van der Waals surface area (Å²) in [7, 11) is 0. The monoisotopic (exact) mass is 379 g/mol. The number of aryl methyl sites for hydroxylation is 2. The quantitative estimate of drug-likeness (QED) is 0.750. The standard InChI is InChI=1S/C21H21N3O4/c1-12-10-18(14-6-8-27-9-7-14)28-21(26)19(12)20(25)22-16-4-3-5-17-15(16)11-13(2)23-24-17/h3-5,10-11,14H,6-9H2,1-2H3,(H,22,25). The van der Waals surface area contributed by atoms with Crippen LogP contribution in [0.5, 0.6) is 0 Å². The number of nitrogens with zero attached hydrogens (tertiary/aromatic N) is 2. The van der Waals surface area contributed by atoms with Crippen LogP contribution in [0, 0.1) is 13.8 Å². The van der Waals surface area contributed by atoms with E-state index in [2.05, 4.69) is 15.5 Å². The Morgan fingerprint density at radius 1 is 1.14 bits per heavy atom. The van der Waals surface area contributed by atoms with Crippen LogP contribution >= 0.6 is 0 Å². The van der Waals surface area contributed by atoms with Gasteiger partial charge >= 0.3 is 5.63 Å². The molecule has 1 amide bonds. The van der Waals surface area contributed by atoms with Gasteiger partial charge in [-0.25, -0.2) is 4.79 Å². The van der Waals surface area contributed by atoms with E-state index in [-0.39, 0.29) is 11.5 Å². The smallest absolute Gasteiger partial charge is 0.349 e. The van der Waals surface area contributed by atoms with Crippen molar-refractivity contribution in [3.05, 3.63) is 63.3 Å². The van der Waals surface area contributed by atoms with Gasteiger partial charge in [0.1, 0.15) is 11.3 Å². The van der Waals surface area contributed by atoms with Crippen molar-refractivity contribution in [2.75, 3.05) is 18.5 Å². The molecule has 7 nitrogen and oxygen atoms in total. The zero-order chi connectivity index (χ0) is 19.7. The predicted molar refractivity (Wildman–Crippen MR) is 105 cm³/mol. The highest BCUT2D eigenvalue weighted by Gasteiger charge is 2.23. The lowest BCUT2D eigenvalue weighted by Crippen LogP contribution is -2.24. The van der Waals surface area contributed by atoms with Crippen LogP contribution in [0.2, 0.25) is 0 Å². The topological polar surface area (TPSA) is 94.3 Å². The van der Waals surface area contributed by atoms with Crippen molar-refractivity contribution >= 4 is 22.5 Å². The molecule has 1 aromatic carbocycles. The molecule has 0 unspecified atom stereocenters. The molecule has 144 valence electrons. The first-order chi connectivity index (χ1) is 13.5. The highest BCUT2D eigenvalue weighted by atomic mass is 16.5. The fourth-order valence-corrected chi connectivity index (χ4v) is 3.55. The fraction of sp³-hybridized carbons (Fsp3) is 0.333. The highest BCUT2D eigenvalue weighted by molar-refractivity contribution is 6.09. The van der Waals surface area contributed by atoms with E-state index < -0.39 is 11.5 Å². The first-order valence-electron chi connectivity index (χ1n) is 9.29. The first kappa shape index (κ1) is 18.3. The summed E-state index contributed by atoms with van der Waals surface area (Å²) in [6.45, 7) is 4.89. The maximum atomic E-state index is 12.8. The van der Waals surface area contributed by atoms with Crippen molar-refractivity contribution in [2.45, 2.75) is 32.6 Å². The van der Waals surface area contributed by atoms with Gasteiger partial charge in [-0.05, 0) is 56.5 Å². The normalized spacial score (nSPS) is 14.9. The summed E-state index contributed by atoms with van der Waals surface area (Å²) in [5, 5.41) is 11.7. The zero-order valence-electron chi connectivity index (χ0n) is 15.8. The van der Waals surface area contributed by atoms with Crippen molar-refractivity contribution < 1.29 is 13.9 Å². The molecule has 4 rings (SSSR count). The summed E-state index contributed by atoms with van der Waals surface area (Å²) in [4.78, 5) is 25.4. The van der Waals surface area contributed by atoms with Crippen molar-refractivity contribution in [3.63, 3.8) is 0 Å². The Balaban J connectivity index is 1.65. The second-order valence-electron chi connectivity index (χ2n) is 7.06. The highest BCUT2D eigenvalue weighted by Crippen LogP contribution is 2.27. The number of hydrogen-bond donors (Lipinski definition) is 1. The number of carbonyl (C=O) groups is 1. The summed E-state index contributed by atoms with van der Waals surface area (Å²) >= 11 is 0. The van der Waals surface area contributed by atoms with Gasteiger partial charge in [0.25, 0.3) is 5.91 Å². The van der Waals surface area contributed by atoms with E-state index in [1.807, 2.05) is 19.1 Å². The first-order valence-corrected chi connectivity index (χ1v) is 9.29. The van der Waals surface area contributed by atoms with Crippen LogP contribution in [-0.4, -0.2) is 29.3 Å². The molecule has 0 saturated carbocycles. The third kappa shape index (κ3) is 3.53. The van der Waals surface area contributed by atoms with Crippen LogP contribution in [0.4, 0.5) is 5.69 Å². The van der Waals surface area contributed by atoms with E-state index in [1.165, 1.54) is 0 Å². The molecule has 0 spiro atoms. The number of rotatable bonds is 3. The van der Waals surface area contributed by atoms with E-state index >= 15 is 0 Å². The van der Waals surface area contributed by atoms with Gasteiger partial charge < -0.3 is 14.5 Å². The molecule has 3 aromatic rings. The Labute approximate surface area is 161 Å². The number of fused-ring (bicyclic) bond motifs is 1. The van der Waals surface area contributed by atoms with Gasteiger partial charge in [-0.2, -0.15) is 10.2 Å². The average molecular weight is 379 g/mol. The molecular formula is C21H21N3O4. The third-order valence-electron chi connectivity index (χ3n) is 5.02. The van der Waals surface area contributed by atoms with Crippen LogP contribution in [0.15, 0.2) is 39.5 Å². The maximum absolute atomic E-state index is 12.8. The average Bonchev–Trinajstić information content (AvgIpc) is 2.68. The molecular weight excluding hydrogens is 358 g/mol. The molecule has 0 aliphatic carbocycles. The van der Waals surface area contributed by atoms with Gasteiger partial charge in [0.05, 0.1) is 16.9 Å². The summed E-state index contributed by atoms with van der Waals surface area (Å²) in [5.41, 5.74) is 1.99. The zero-order valence-corrected chi connectivity index (χ0v) is 15.8. The lowest BCUT2D eigenvalue weighted by molar-refractivity contribution is 0.0796. The molecule has 1 saturated heterocycles. The van der Waals surface area contributed by atoms with Crippen LogP contribution in [0.25, 0.3) is 10.9 Å². The van der Waals surface area contributed by atoms with Gasteiger partial charge in [0.2, 0.25) is 0 Å². The molecule has 0 bridgehead atoms. The molecule has 1 N–H and O–H groups in total. The Morgan fingerprint density at radius 3 is 2.68 bits per heavy atom. The second kappa shape index (κ2) is 7.52. The van der Waals surface area contributed by atoms with Gasteiger partial charge in [-0.1, -0.05) is 6.07 Å². The molecule has 28 heavy (non-hydrogen) atoms. The minimum absolute atomic E-state index is 0.0200. The molecule has 0 atom stereocenters. The van der Waals surface area contributed by atoms with Crippen LogP contribution in [-0.2, 0) is 4.74 Å². The Kier molecular flexibility index (Phi) is 4.92. The van der Waals surface area contributed by atoms with Gasteiger partial charge in [0.15, 0.2) is 0 Å². The minimum atomic E-state index is -0.616. The summed E-state index contributed by atoms with van der Waals surface area (Å²) in [6.07, 6.45) is 1.62. The van der Waals surface area contributed by atoms with E-state index in [9.17, 15) is 9.59 Å². The summed E-state index contributed by atoms with van der Waals surface area (Å²) in [5.74, 6) is 0.280. The Bertz CT molecular complexity index is 1100. The Hall–Kier alpha value is -3.06. The molecule has 1 aliphatic heterocycles. The summed E-state index contributed by atoms with van der Waals surface area (Å²) in [6, 6.07) is 9.02. The third-order valence-corrected chi connectivity index (χ3v) is 5.02. The number of carbonyl (C=O) groups excluding carboxylic acids is 1. The number of ether oxygens (including phenoxy) is 1. The number of aromatic nitrogens is 2. The van der Waals surface area contributed by atoms with E-state index in [4.69, 9.17) is 9.15 Å². The van der Waals surface area contributed by atoms with Crippen molar-refractivity contribution in [1.82, 2.24) is 10.2 Å². The van der Waals surface area contributed by atoms with E-state index in [1.54, 1.807) is 25.1 Å². The molecule has 1 aliphatic rings. The lowest BCUT2D eigenvalue weighted by Gasteiger charge is -2.21. The van der Waals surface area contributed by atoms with Crippen LogP contribution < -0.4 is 10.9 Å². The van der Waals surface area contributed by atoms with Crippen molar-refractivity contribution in [3.8, 4) is 0 Å². The van der Waals surface area contributed by atoms with Gasteiger partial charge in [0, 0.05) is 24.5 Å². The number of benzene rings is 1. The van der Waals surface area contributed by atoms with Gasteiger partial charge in [-0.15, -0.1) is 0 Å². The van der Waals surface area contributed by atoms with E-state index in [0.29, 0.717) is 35.7 Å². The number of amides is 1. The number of hydrogen-bond acceptors (Lipinski definition) is 6.